The second-order valence-corrected chi connectivity index (χ2v) is 9.63. The van der Waals surface area contributed by atoms with E-state index in [0.29, 0.717) is 5.75 Å². The van der Waals surface area contributed by atoms with E-state index >= 15 is 0 Å². The fourth-order valence-electron chi connectivity index (χ4n) is 1.62. The Balaban J connectivity index is 0.000000165. The predicted octanol–water partition coefficient (Wildman–Crippen LogP) is 0.945. The molecular formula is C10H18O4S2. The van der Waals surface area contributed by atoms with Crippen molar-refractivity contribution >= 4 is 19.7 Å². The molecular weight excluding hydrogens is 248 g/mol. The highest BCUT2D eigenvalue weighted by Crippen LogP contribution is 2.30. The van der Waals surface area contributed by atoms with Gasteiger partial charge in [-0.25, -0.2) is 16.8 Å². The SMILES string of the molecule is CC1(C)CCCS1(=O)=O.O=S1(=O)CC=CC1. The summed E-state index contributed by atoms with van der Waals surface area (Å²) in [7, 11) is -5.38. The lowest BCUT2D eigenvalue weighted by Crippen LogP contribution is -2.26. The van der Waals surface area contributed by atoms with Crippen LogP contribution in [0.1, 0.15) is 26.7 Å². The summed E-state index contributed by atoms with van der Waals surface area (Å²) in [4.78, 5) is 0. The summed E-state index contributed by atoms with van der Waals surface area (Å²) in [6.07, 6.45) is 5.02. The van der Waals surface area contributed by atoms with Crippen LogP contribution in [0.3, 0.4) is 0 Å². The van der Waals surface area contributed by atoms with Crippen LogP contribution >= 0.6 is 0 Å². The maximum Gasteiger partial charge on any atom is 0.157 e. The van der Waals surface area contributed by atoms with Gasteiger partial charge in [0.05, 0.1) is 22.0 Å². The fourth-order valence-corrected chi connectivity index (χ4v) is 4.14. The molecule has 0 bridgehead atoms. The lowest BCUT2D eigenvalue weighted by molar-refractivity contribution is 0.558. The van der Waals surface area contributed by atoms with Gasteiger partial charge in [-0.05, 0) is 26.7 Å². The van der Waals surface area contributed by atoms with E-state index in [9.17, 15) is 16.8 Å². The molecule has 2 aliphatic rings. The number of sulfone groups is 2. The monoisotopic (exact) mass is 266 g/mol. The topological polar surface area (TPSA) is 68.3 Å². The van der Waals surface area contributed by atoms with Crippen molar-refractivity contribution in [2.45, 2.75) is 31.4 Å². The number of hydrogen-bond acceptors (Lipinski definition) is 4. The molecule has 0 saturated carbocycles. The molecule has 0 aromatic carbocycles. The predicted molar refractivity (Wildman–Crippen MR) is 64.9 cm³/mol. The van der Waals surface area contributed by atoms with Crippen LogP contribution < -0.4 is 0 Å². The third-order valence-electron chi connectivity index (χ3n) is 2.90. The second-order valence-electron chi connectivity index (χ2n) is 4.73. The Morgan fingerprint density at radius 1 is 1.00 bits per heavy atom. The summed E-state index contributed by atoms with van der Waals surface area (Å²) in [5.74, 6) is 0.875. The van der Waals surface area contributed by atoms with Crippen molar-refractivity contribution in [3.05, 3.63) is 12.2 Å². The molecule has 16 heavy (non-hydrogen) atoms. The van der Waals surface area contributed by atoms with Crippen molar-refractivity contribution in [2.75, 3.05) is 17.3 Å². The van der Waals surface area contributed by atoms with Crippen LogP contribution in [0, 0.1) is 0 Å². The Morgan fingerprint density at radius 3 is 1.62 bits per heavy atom. The molecule has 0 amide bonds. The molecule has 6 heteroatoms. The van der Waals surface area contributed by atoms with E-state index in [1.54, 1.807) is 26.0 Å². The van der Waals surface area contributed by atoms with Crippen molar-refractivity contribution in [1.82, 2.24) is 0 Å². The molecule has 94 valence electrons. The zero-order chi connectivity index (χ0) is 12.4. The smallest absolute Gasteiger partial charge is 0.157 e. The molecule has 0 unspecified atom stereocenters. The van der Waals surface area contributed by atoms with E-state index in [0.717, 1.165) is 12.8 Å². The van der Waals surface area contributed by atoms with Crippen LogP contribution in [0.25, 0.3) is 0 Å². The van der Waals surface area contributed by atoms with Crippen LogP contribution in [0.4, 0.5) is 0 Å². The molecule has 1 fully saturated rings. The van der Waals surface area contributed by atoms with Gasteiger partial charge in [-0.3, -0.25) is 0 Å². The Morgan fingerprint density at radius 2 is 1.50 bits per heavy atom. The summed E-state index contributed by atoms with van der Waals surface area (Å²) in [6.45, 7) is 3.60. The Kier molecular flexibility index (Phi) is 3.84. The molecule has 4 nitrogen and oxygen atoms in total. The normalized spacial score (nSPS) is 28.4. The average molecular weight is 266 g/mol. The minimum absolute atomic E-state index is 0.243. The van der Waals surface area contributed by atoms with E-state index in [4.69, 9.17) is 0 Å². The first-order valence-electron chi connectivity index (χ1n) is 5.24. The van der Waals surface area contributed by atoms with Crippen molar-refractivity contribution in [1.29, 1.82) is 0 Å². The lowest BCUT2D eigenvalue weighted by Gasteiger charge is -2.14. The zero-order valence-electron chi connectivity index (χ0n) is 9.64. The van der Waals surface area contributed by atoms with Gasteiger partial charge in [-0.15, -0.1) is 0 Å². The molecule has 0 atom stereocenters. The van der Waals surface area contributed by atoms with Crippen molar-refractivity contribution in [3.8, 4) is 0 Å². The molecule has 0 aliphatic carbocycles. The van der Waals surface area contributed by atoms with Gasteiger partial charge >= 0.3 is 0 Å². The van der Waals surface area contributed by atoms with Crippen LogP contribution in [0.2, 0.25) is 0 Å². The van der Waals surface area contributed by atoms with Gasteiger partial charge in [0.1, 0.15) is 0 Å². The van der Waals surface area contributed by atoms with Crippen LogP contribution in [-0.2, 0) is 19.7 Å². The van der Waals surface area contributed by atoms with Gasteiger partial charge in [0.25, 0.3) is 0 Å². The molecule has 0 aromatic heterocycles. The van der Waals surface area contributed by atoms with Crippen molar-refractivity contribution < 1.29 is 16.8 Å². The van der Waals surface area contributed by atoms with E-state index in [2.05, 4.69) is 0 Å². The standard InChI is InChI=1S/C6H12O2S.C4H6O2S/c1-6(2)4-3-5-9(6,7)8;5-7(6)3-1-2-4-7/h3-5H2,1-2H3;1-2H,3-4H2. The summed E-state index contributed by atoms with van der Waals surface area (Å²) in [6, 6.07) is 0. The summed E-state index contributed by atoms with van der Waals surface area (Å²) < 4.78 is 42.5. The molecule has 2 aliphatic heterocycles. The molecule has 1 saturated heterocycles. The first kappa shape index (κ1) is 13.7. The van der Waals surface area contributed by atoms with Gasteiger partial charge in [0.2, 0.25) is 0 Å². The maximum absolute atomic E-state index is 11.1. The third-order valence-corrected chi connectivity index (χ3v) is 7.02. The lowest BCUT2D eigenvalue weighted by atomic mass is 10.1. The average Bonchev–Trinajstić information content (AvgIpc) is 2.58. The summed E-state index contributed by atoms with van der Waals surface area (Å²) in [5.41, 5.74) is 0. The molecule has 0 aromatic rings. The molecule has 2 heterocycles. The van der Waals surface area contributed by atoms with Crippen LogP contribution in [0.5, 0.6) is 0 Å². The van der Waals surface area contributed by atoms with Gasteiger partial charge in [0.15, 0.2) is 19.7 Å². The summed E-state index contributed by atoms with van der Waals surface area (Å²) in [5, 5.41) is 0. The second kappa shape index (κ2) is 4.49. The molecule has 0 spiro atoms. The summed E-state index contributed by atoms with van der Waals surface area (Å²) >= 11 is 0. The molecule has 2 rings (SSSR count). The largest absolute Gasteiger partial charge is 0.228 e. The van der Waals surface area contributed by atoms with Gasteiger partial charge in [0, 0.05) is 0 Å². The quantitative estimate of drug-likeness (QED) is 0.612. The minimum atomic E-state index is -2.72. The maximum atomic E-state index is 11.1. The van der Waals surface area contributed by atoms with E-state index in [1.165, 1.54) is 0 Å². The van der Waals surface area contributed by atoms with Crippen LogP contribution in [0.15, 0.2) is 12.2 Å². The first-order valence-corrected chi connectivity index (χ1v) is 8.71. The number of hydrogen-bond donors (Lipinski definition) is 0. The molecule has 0 N–H and O–H groups in total. The molecule has 0 radical (unpaired) electrons. The highest BCUT2D eigenvalue weighted by molar-refractivity contribution is 7.93. The highest BCUT2D eigenvalue weighted by Gasteiger charge is 2.38. The number of rotatable bonds is 0. The van der Waals surface area contributed by atoms with Crippen molar-refractivity contribution in [2.24, 2.45) is 0 Å². The van der Waals surface area contributed by atoms with Gasteiger partial charge in [-0.2, -0.15) is 0 Å². The van der Waals surface area contributed by atoms with E-state index < -0.39 is 24.4 Å². The minimum Gasteiger partial charge on any atom is -0.228 e. The fraction of sp³-hybridized carbons (Fsp3) is 0.800. The van der Waals surface area contributed by atoms with E-state index in [1.807, 2.05) is 0 Å². The van der Waals surface area contributed by atoms with Crippen LogP contribution in [-0.4, -0.2) is 38.8 Å². The Bertz CT molecular complexity index is 455. The highest BCUT2D eigenvalue weighted by atomic mass is 32.2. The third kappa shape index (κ3) is 3.31. The Hall–Kier alpha value is -0.360. The Labute approximate surface area is 97.6 Å². The van der Waals surface area contributed by atoms with E-state index in [-0.39, 0.29) is 11.5 Å². The van der Waals surface area contributed by atoms with Gasteiger partial charge in [-0.1, -0.05) is 12.2 Å². The van der Waals surface area contributed by atoms with Crippen molar-refractivity contribution in [3.63, 3.8) is 0 Å². The zero-order valence-corrected chi connectivity index (χ0v) is 11.3. The first-order chi connectivity index (χ1) is 7.16. The van der Waals surface area contributed by atoms with Gasteiger partial charge < -0.3 is 0 Å².